The Labute approximate surface area is 137 Å². The number of hydrogen-bond donors (Lipinski definition) is 1. The van der Waals surface area contributed by atoms with Crippen molar-refractivity contribution in [3.63, 3.8) is 0 Å². The Hall–Kier alpha value is -1.10. The van der Waals surface area contributed by atoms with Crippen LogP contribution in [0.5, 0.6) is 11.5 Å². The molecule has 21 heavy (non-hydrogen) atoms. The van der Waals surface area contributed by atoms with Gasteiger partial charge in [0, 0.05) is 18.7 Å². The molecule has 0 heterocycles. The van der Waals surface area contributed by atoms with Crippen molar-refractivity contribution in [2.45, 2.75) is 26.4 Å². The van der Waals surface area contributed by atoms with Gasteiger partial charge in [-0.25, -0.2) is 4.39 Å². The predicted octanol–water partition coefficient (Wildman–Crippen LogP) is 5.53. The molecule has 0 unspecified atom stereocenters. The third-order valence-electron chi connectivity index (χ3n) is 2.82. The zero-order valence-corrected chi connectivity index (χ0v) is 14.1. The highest BCUT2D eigenvalue weighted by Gasteiger charge is 2.08. The van der Waals surface area contributed by atoms with Crippen LogP contribution in [0.4, 0.5) is 4.39 Å². The van der Waals surface area contributed by atoms with Crippen molar-refractivity contribution in [2.24, 2.45) is 0 Å². The Kier molecular flexibility index (Phi) is 5.62. The number of nitrogens with one attached hydrogen (secondary N) is 1. The lowest BCUT2D eigenvalue weighted by Crippen LogP contribution is -2.21. The highest BCUT2D eigenvalue weighted by Crippen LogP contribution is 2.34. The summed E-state index contributed by atoms with van der Waals surface area (Å²) in [6, 6.07) is 10.2. The van der Waals surface area contributed by atoms with Gasteiger partial charge in [-0.1, -0.05) is 31.5 Å². The van der Waals surface area contributed by atoms with E-state index in [4.69, 9.17) is 16.3 Å². The fourth-order valence-corrected chi connectivity index (χ4v) is 2.30. The zero-order chi connectivity index (χ0) is 15.4. The van der Waals surface area contributed by atoms with E-state index in [1.807, 2.05) is 12.1 Å². The van der Waals surface area contributed by atoms with Crippen LogP contribution in [0.2, 0.25) is 5.02 Å². The Morgan fingerprint density at radius 2 is 1.95 bits per heavy atom. The van der Waals surface area contributed by atoms with E-state index in [1.54, 1.807) is 12.1 Å². The molecule has 0 aliphatic carbocycles. The molecule has 0 atom stereocenters. The number of rotatable bonds is 5. The molecule has 0 radical (unpaired) electrons. The van der Waals surface area contributed by atoms with Crippen molar-refractivity contribution in [3.8, 4) is 11.5 Å². The van der Waals surface area contributed by atoms with E-state index in [-0.39, 0.29) is 5.82 Å². The van der Waals surface area contributed by atoms with Gasteiger partial charge in [0.1, 0.15) is 17.3 Å². The van der Waals surface area contributed by atoms with Gasteiger partial charge in [-0.3, -0.25) is 0 Å². The second kappa shape index (κ2) is 7.25. The fraction of sp³-hybridized carbons (Fsp3) is 0.250. The Morgan fingerprint density at radius 1 is 1.19 bits per heavy atom. The molecule has 2 nitrogen and oxygen atoms in total. The highest BCUT2D eigenvalue weighted by molar-refractivity contribution is 9.10. The van der Waals surface area contributed by atoms with E-state index >= 15 is 0 Å². The molecule has 0 aliphatic rings. The lowest BCUT2D eigenvalue weighted by atomic mass is 10.2. The summed E-state index contributed by atoms with van der Waals surface area (Å²) < 4.78 is 19.6. The van der Waals surface area contributed by atoms with Gasteiger partial charge in [-0.2, -0.15) is 0 Å². The third-order valence-corrected chi connectivity index (χ3v) is 3.77. The summed E-state index contributed by atoms with van der Waals surface area (Å²) >= 11 is 9.55. The van der Waals surface area contributed by atoms with Crippen LogP contribution in [0, 0.1) is 5.82 Å². The lowest BCUT2D eigenvalue weighted by Gasteiger charge is -2.12. The van der Waals surface area contributed by atoms with Crippen molar-refractivity contribution >= 4 is 27.5 Å². The first kappa shape index (κ1) is 16.3. The molecule has 2 aromatic carbocycles. The first-order chi connectivity index (χ1) is 9.95. The van der Waals surface area contributed by atoms with Gasteiger partial charge in [-0.05, 0) is 45.8 Å². The minimum atomic E-state index is -0.359. The van der Waals surface area contributed by atoms with E-state index in [9.17, 15) is 4.39 Å². The van der Waals surface area contributed by atoms with E-state index < -0.39 is 0 Å². The summed E-state index contributed by atoms with van der Waals surface area (Å²) in [6.07, 6.45) is 0. The van der Waals surface area contributed by atoms with E-state index in [2.05, 4.69) is 35.1 Å². The van der Waals surface area contributed by atoms with Gasteiger partial charge in [0.25, 0.3) is 0 Å². The second-order valence-electron chi connectivity index (χ2n) is 4.98. The molecule has 112 valence electrons. The summed E-state index contributed by atoms with van der Waals surface area (Å²) in [5, 5.41) is 3.81. The quantitative estimate of drug-likeness (QED) is 0.745. The van der Waals surface area contributed by atoms with Gasteiger partial charge in [0.15, 0.2) is 0 Å². The third kappa shape index (κ3) is 4.70. The monoisotopic (exact) mass is 371 g/mol. The largest absolute Gasteiger partial charge is 0.455 e. The molecule has 0 aliphatic heterocycles. The standard InChI is InChI=1S/C16H16BrClFNO/c1-10(2)20-9-11-3-6-15(14(18)7-11)21-16-8-12(19)4-5-13(16)17/h3-8,10,20H,9H2,1-2H3. The summed E-state index contributed by atoms with van der Waals surface area (Å²) in [5.74, 6) is 0.531. The first-order valence-corrected chi connectivity index (χ1v) is 7.77. The van der Waals surface area contributed by atoms with Crippen LogP contribution in [0.25, 0.3) is 0 Å². The van der Waals surface area contributed by atoms with Gasteiger partial charge >= 0.3 is 0 Å². The smallest absolute Gasteiger partial charge is 0.146 e. The highest BCUT2D eigenvalue weighted by atomic mass is 79.9. The Balaban J connectivity index is 2.15. The van der Waals surface area contributed by atoms with Crippen LogP contribution in [0.1, 0.15) is 19.4 Å². The molecule has 0 bridgehead atoms. The number of hydrogen-bond acceptors (Lipinski definition) is 2. The minimum Gasteiger partial charge on any atom is -0.455 e. The molecular formula is C16H16BrClFNO. The second-order valence-corrected chi connectivity index (χ2v) is 6.24. The maximum Gasteiger partial charge on any atom is 0.146 e. The average molecular weight is 373 g/mol. The van der Waals surface area contributed by atoms with Crippen LogP contribution in [0.15, 0.2) is 40.9 Å². The zero-order valence-electron chi connectivity index (χ0n) is 11.8. The molecule has 5 heteroatoms. The predicted molar refractivity (Wildman–Crippen MR) is 87.6 cm³/mol. The molecule has 0 aromatic heterocycles. The van der Waals surface area contributed by atoms with Gasteiger partial charge in [0.05, 0.1) is 9.50 Å². The van der Waals surface area contributed by atoms with Gasteiger partial charge < -0.3 is 10.1 Å². The maximum absolute atomic E-state index is 13.2. The van der Waals surface area contributed by atoms with Crippen LogP contribution in [0.3, 0.4) is 0 Å². The SMILES string of the molecule is CC(C)NCc1ccc(Oc2cc(F)ccc2Br)c(Cl)c1. The summed E-state index contributed by atoms with van der Waals surface area (Å²) in [4.78, 5) is 0. The Morgan fingerprint density at radius 3 is 2.62 bits per heavy atom. The molecule has 2 rings (SSSR count). The van der Waals surface area contributed by atoms with Crippen LogP contribution in [-0.2, 0) is 6.54 Å². The molecule has 0 saturated carbocycles. The lowest BCUT2D eigenvalue weighted by molar-refractivity contribution is 0.473. The van der Waals surface area contributed by atoms with Crippen molar-refractivity contribution in [2.75, 3.05) is 0 Å². The average Bonchev–Trinajstić information content (AvgIpc) is 2.43. The Bertz CT molecular complexity index is 634. The van der Waals surface area contributed by atoms with E-state index in [1.165, 1.54) is 12.1 Å². The summed E-state index contributed by atoms with van der Waals surface area (Å²) in [6.45, 7) is 4.91. The molecule has 0 amide bonds. The minimum absolute atomic E-state index is 0.359. The fourth-order valence-electron chi connectivity index (χ4n) is 1.73. The molecule has 0 spiro atoms. The number of ether oxygens (including phenoxy) is 1. The molecule has 2 aromatic rings. The van der Waals surface area contributed by atoms with Crippen LogP contribution >= 0.6 is 27.5 Å². The van der Waals surface area contributed by atoms with Crippen molar-refractivity contribution < 1.29 is 9.13 Å². The van der Waals surface area contributed by atoms with Gasteiger partial charge in [-0.15, -0.1) is 0 Å². The molecule has 0 saturated heterocycles. The molecular weight excluding hydrogens is 357 g/mol. The number of benzene rings is 2. The van der Waals surface area contributed by atoms with Crippen LogP contribution < -0.4 is 10.1 Å². The maximum atomic E-state index is 13.2. The van der Waals surface area contributed by atoms with Crippen molar-refractivity contribution in [1.82, 2.24) is 5.32 Å². The summed E-state index contributed by atoms with van der Waals surface area (Å²) in [5.41, 5.74) is 1.07. The van der Waals surface area contributed by atoms with Crippen LogP contribution in [-0.4, -0.2) is 6.04 Å². The van der Waals surface area contributed by atoms with E-state index in [0.29, 0.717) is 27.0 Å². The van der Waals surface area contributed by atoms with Gasteiger partial charge in [0.2, 0.25) is 0 Å². The molecule has 0 fully saturated rings. The summed E-state index contributed by atoms with van der Waals surface area (Å²) in [7, 11) is 0. The van der Waals surface area contributed by atoms with Crippen molar-refractivity contribution in [3.05, 3.63) is 57.3 Å². The van der Waals surface area contributed by atoms with E-state index in [0.717, 1.165) is 12.1 Å². The van der Waals surface area contributed by atoms with Crippen molar-refractivity contribution in [1.29, 1.82) is 0 Å². The topological polar surface area (TPSA) is 21.3 Å². The molecule has 1 N–H and O–H groups in total. The number of halogens is 3. The first-order valence-electron chi connectivity index (χ1n) is 6.60. The normalized spacial score (nSPS) is 11.0.